The zero-order valence-electron chi connectivity index (χ0n) is 19.6. The van der Waals surface area contributed by atoms with Crippen LogP contribution in [0, 0.1) is 5.92 Å². The minimum absolute atomic E-state index is 0.254. The summed E-state index contributed by atoms with van der Waals surface area (Å²) in [5, 5.41) is 10.3. The first kappa shape index (κ1) is 24.9. The highest BCUT2D eigenvalue weighted by atomic mass is 16.5. The predicted octanol–water partition coefficient (Wildman–Crippen LogP) is 3.41. The molecule has 1 aromatic carbocycles. The molecule has 0 aliphatic carbocycles. The molecule has 1 aliphatic heterocycles. The highest BCUT2D eigenvalue weighted by Crippen LogP contribution is 2.30. The standard InChI is InChI=1S/C24H42N2O4/c1-19(2)25(3)17-22(27)18-30-24-15-21(8-9-23(24)29-5)16-26-12-10-20(11-13-26)7-6-14-28-4/h8-9,15,19-20,22,27H,6-7,10-14,16-18H2,1-5H3/t22-/m0/s1. The van der Waals surface area contributed by atoms with Crippen molar-refractivity contribution in [1.82, 2.24) is 9.80 Å². The first-order chi connectivity index (χ1) is 14.4. The van der Waals surface area contributed by atoms with E-state index in [-0.39, 0.29) is 6.61 Å². The van der Waals surface area contributed by atoms with E-state index in [0.29, 0.717) is 24.1 Å². The number of benzene rings is 1. The van der Waals surface area contributed by atoms with Crippen LogP contribution in [0.1, 0.15) is 45.1 Å². The molecule has 0 radical (unpaired) electrons. The lowest BCUT2D eigenvalue weighted by molar-refractivity contribution is 0.0667. The second-order valence-corrected chi connectivity index (χ2v) is 8.84. The molecule has 0 aromatic heterocycles. The van der Waals surface area contributed by atoms with E-state index in [1.165, 1.54) is 31.2 Å². The molecule has 1 saturated heterocycles. The van der Waals surface area contributed by atoms with Gasteiger partial charge in [-0.15, -0.1) is 0 Å². The fourth-order valence-corrected chi connectivity index (χ4v) is 3.92. The third-order valence-corrected chi connectivity index (χ3v) is 6.11. The molecular weight excluding hydrogens is 380 g/mol. The normalized spacial score (nSPS) is 16.9. The molecule has 0 bridgehead atoms. The van der Waals surface area contributed by atoms with Crippen molar-refractivity contribution in [2.45, 2.75) is 58.2 Å². The van der Waals surface area contributed by atoms with Gasteiger partial charge in [0.15, 0.2) is 11.5 Å². The lowest BCUT2D eigenvalue weighted by Gasteiger charge is -2.32. The first-order valence-electron chi connectivity index (χ1n) is 11.3. The zero-order valence-corrected chi connectivity index (χ0v) is 19.6. The van der Waals surface area contributed by atoms with Gasteiger partial charge in [-0.05, 0) is 83.3 Å². The number of methoxy groups -OCH3 is 2. The zero-order chi connectivity index (χ0) is 21.9. The smallest absolute Gasteiger partial charge is 0.161 e. The van der Waals surface area contributed by atoms with Gasteiger partial charge >= 0.3 is 0 Å². The first-order valence-corrected chi connectivity index (χ1v) is 11.3. The van der Waals surface area contributed by atoms with Gasteiger partial charge in [-0.1, -0.05) is 6.07 Å². The van der Waals surface area contributed by atoms with Crippen LogP contribution in [-0.2, 0) is 11.3 Å². The molecular formula is C24H42N2O4. The van der Waals surface area contributed by atoms with Crippen LogP contribution in [0.15, 0.2) is 18.2 Å². The van der Waals surface area contributed by atoms with Crippen LogP contribution in [0.25, 0.3) is 0 Å². The SMILES string of the molecule is COCCCC1CCN(Cc2ccc(OC)c(OC[C@@H](O)CN(C)C(C)C)c2)CC1. The Kier molecular flexibility index (Phi) is 10.9. The molecule has 0 unspecified atom stereocenters. The summed E-state index contributed by atoms with van der Waals surface area (Å²) in [4.78, 5) is 4.63. The molecule has 0 amide bonds. The van der Waals surface area contributed by atoms with E-state index >= 15 is 0 Å². The van der Waals surface area contributed by atoms with Crippen molar-refractivity contribution in [2.24, 2.45) is 5.92 Å². The summed E-state index contributed by atoms with van der Waals surface area (Å²) in [6.45, 7) is 9.13. The van der Waals surface area contributed by atoms with Gasteiger partial charge in [-0.25, -0.2) is 0 Å². The number of piperidine rings is 1. The molecule has 1 heterocycles. The summed E-state index contributed by atoms with van der Waals surface area (Å²) in [5.41, 5.74) is 1.22. The van der Waals surface area contributed by atoms with Gasteiger partial charge in [0, 0.05) is 32.8 Å². The van der Waals surface area contributed by atoms with Gasteiger partial charge in [0.25, 0.3) is 0 Å². The molecule has 172 valence electrons. The fourth-order valence-electron chi connectivity index (χ4n) is 3.92. The van der Waals surface area contributed by atoms with Gasteiger partial charge in [-0.3, -0.25) is 4.90 Å². The Morgan fingerprint density at radius 2 is 1.90 bits per heavy atom. The third kappa shape index (κ3) is 8.42. The predicted molar refractivity (Wildman–Crippen MR) is 121 cm³/mol. The second-order valence-electron chi connectivity index (χ2n) is 8.84. The monoisotopic (exact) mass is 422 g/mol. The van der Waals surface area contributed by atoms with Crippen LogP contribution < -0.4 is 9.47 Å². The van der Waals surface area contributed by atoms with Crippen molar-refractivity contribution >= 4 is 0 Å². The number of hydrogen-bond acceptors (Lipinski definition) is 6. The topological polar surface area (TPSA) is 54.4 Å². The maximum absolute atomic E-state index is 10.3. The molecule has 1 aromatic rings. The van der Waals surface area contributed by atoms with Crippen molar-refractivity contribution in [3.8, 4) is 11.5 Å². The van der Waals surface area contributed by atoms with Crippen LogP contribution in [0.5, 0.6) is 11.5 Å². The maximum atomic E-state index is 10.3. The van der Waals surface area contributed by atoms with Crippen molar-refractivity contribution in [3.63, 3.8) is 0 Å². The van der Waals surface area contributed by atoms with Gasteiger partial charge in [0.1, 0.15) is 12.7 Å². The molecule has 30 heavy (non-hydrogen) atoms. The number of likely N-dealkylation sites (tertiary alicyclic amines) is 1. The molecule has 2 rings (SSSR count). The lowest BCUT2D eigenvalue weighted by Crippen LogP contribution is -2.37. The Labute approximate surface area is 183 Å². The molecule has 1 aliphatic rings. The van der Waals surface area contributed by atoms with Crippen LogP contribution in [0.4, 0.5) is 0 Å². The van der Waals surface area contributed by atoms with Crippen molar-refractivity contribution in [1.29, 1.82) is 0 Å². The summed E-state index contributed by atoms with van der Waals surface area (Å²) in [5.74, 6) is 2.24. The molecule has 6 heteroatoms. The van der Waals surface area contributed by atoms with Crippen molar-refractivity contribution < 1.29 is 19.3 Å². The fraction of sp³-hybridized carbons (Fsp3) is 0.750. The van der Waals surface area contributed by atoms with Crippen LogP contribution >= 0.6 is 0 Å². The van der Waals surface area contributed by atoms with E-state index in [9.17, 15) is 5.11 Å². The van der Waals surface area contributed by atoms with Gasteiger partial charge in [0.2, 0.25) is 0 Å². The number of rotatable bonds is 13. The van der Waals surface area contributed by atoms with E-state index in [1.807, 2.05) is 13.1 Å². The number of ether oxygens (including phenoxy) is 3. The Hall–Kier alpha value is -1.34. The molecule has 1 fully saturated rings. The number of hydrogen-bond donors (Lipinski definition) is 1. The minimum atomic E-state index is -0.539. The van der Waals surface area contributed by atoms with Gasteiger partial charge in [-0.2, -0.15) is 0 Å². The second kappa shape index (κ2) is 13.2. The Morgan fingerprint density at radius 3 is 2.53 bits per heavy atom. The quantitative estimate of drug-likeness (QED) is 0.492. The average molecular weight is 423 g/mol. The summed E-state index contributed by atoms with van der Waals surface area (Å²) >= 11 is 0. The van der Waals surface area contributed by atoms with Crippen LogP contribution in [0.2, 0.25) is 0 Å². The summed E-state index contributed by atoms with van der Waals surface area (Å²) in [6, 6.07) is 6.53. The highest BCUT2D eigenvalue weighted by Gasteiger charge is 2.20. The molecule has 0 spiro atoms. The highest BCUT2D eigenvalue weighted by molar-refractivity contribution is 5.43. The van der Waals surface area contributed by atoms with Crippen molar-refractivity contribution in [3.05, 3.63) is 23.8 Å². The molecule has 6 nitrogen and oxygen atoms in total. The summed E-state index contributed by atoms with van der Waals surface area (Å²) in [7, 11) is 5.44. The molecule has 1 atom stereocenters. The van der Waals surface area contributed by atoms with Gasteiger partial charge in [0.05, 0.1) is 7.11 Å². The van der Waals surface area contributed by atoms with E-state index in [0.717, 1.165) is 32.2 Å². The third-order valence-electron chi connectivity index (χ3n) is 6.11. The Balaban J connectivity index is 1.85. The summed E-state index contributed by atoms with van der Waals surface area (Å²) < 4.78 is 16.6. The molecule has 0 saturated carbocycles. The van der Waals surface area contributed by atoms with Crippen molar-refractivity contribution in [2.75, 3.05) is 54.1 Å². The average Bonchev–Trinajstić information content (AvgIpc) is 2.73. The van der Waals surface area contributed by atoms with Crippen LogP contribution in [-0.4, -0.2) is 81.2 Å². The number of aliphatic hydroxyl groups excluding tert-OH is 1. The lowest BCUT2D eigenvalue weighted by atomic mass is 9.92. The number of aliphatic hydroxyl groups is 1. The van der Waals surface area contributed by atoms with E-state index < -0.39 is 6.10 Å². The number of likely N-dealkylation sites (N-methyl/N-ethyl adjacent to an activating group) is 1. The Bertz CT molecular complexity index is 603. The van der Waals surface area contributed by atoms with E-state index in [2.05, 4.69) is 35.8 Å². The van der Waals surface area contributed by atoms with E-state index in [1.54, 1.807) is 14.2 Å². The van der Waals surface area contributed by atoms with E-state index in [4.69, 9.17) is 14.2 Å². The Morgan fingerprint density at radius 1 is 1.17 bits per heavy atom. The van der Waals surface area contributed by atoms with Crippen LogP contribution in [0.3, 0.4) is 0 Å². The maximum Gasteiger partial charge on any atom is 0.161 e. The largest absolute Gasteiger partial charge is 0.493 e. The minimum Gasteiger partial charge on any atom is -0.493 e. The van der Waals surface area contributed by atoms with Gasteiger partial charge < -0.3 is 24.2 Å². The summed E-state index contributed by atoms with van der Waals surface area (Å²) in [6.07, 6.45) is 4.43. The number of nitrogens with zero attached hydrogens (tertiary/aromatic N) is 2. The molecule has 1 N–H and O–H groups in total.